The van der Waals surface area contributed by atoms with Crippen molar-refractivity contribution in [1.82, 2.24) is 10.6 Å². The predicted molar refractivity (Wildman–Crippen MR) is 92.4 cm³/mol. The minimum Gasteiger partial charge on any atom is -0.380 e. The molecular formula is C16H29N3OS. The lowest BCUT2D eigenvalue weighted by molar-refractivity contribution is 0.136. The molecule has 120 valence electrons. The van der Waals surface area contributed by atoms with E-state index in [2.05, 4.69) is 53.9 Å². The average Bonchev–Trinajstić information content (AvgIpc) is 3.01. The van der Waals surface area contributed by atoms with Crippen LogP contribution in [0.4, 0.5) is 0 Å². The molecule has 0 bridgehead atoms. The number of thiophene rings is 1. The van der Waals surface area contributed by atoms with Gasteiger partial charge in [-0.05, 0) is 17.9 Å². The zero-order chi connectivity index (χ0) is 15.6. The van der Waals surface area contributed by atoms with E-state index >= 15 is 0 Å². The molecule has 1 heterocycles. The molecule has 0 atom stereocenters. The molecule has 0 aliphatic heterocycles. The van der Waals surface area contributed by atoms with Gasteiger partial charge in [-0.1, -0.05) is 33.3 Å². The monoisotopic (exact) mass is 311 g/mol. The Hall–Kier alpha value is -1.07. The molecule has 21 heavy (non-hydrogen) atoms. The highest BCUT2D eigenvalue weighted by Crippen LogP contribution is 2.26. The topological polar surface area (TPSA) is 45.6 Å². The normalized spacial score (nSPS) is 12.5. The van der Waals surface area contributed by atoms with E-state index in [0.29, 0.717) is 0 Å². The average molecular weight is 311 g/mol. The number of hydrogen-bond acceptors (Lipinski definition) is 3. The number of nitrogens with zero attached hydrogens (tertiary/aromatic N) is 1. The molecule has 0 aliphatic carbocycles. The Kier molecular flexibility index (Phi) is 8.38. The van der Waals surface area contributed by atoms with Crippen LogP contribution in [-0.2, 0) is 10.2 Å². The molecule has 0 unspecified atom stereocenters. The van der Waals surface area contributed by atoms with Crippen LogP contribution in [0.15, 0.2) is 22.5 Å². The lowest BCUT2D eigenvalue weighted by Gasteiger charge is -2.25. The van der Waals surface area contributed by atoms with Crippen molar-refractivity contribution in [1.29, 1.82) is 0 Å². The highest BCUT2D eigenvalue weighted by atomic mass is 32.1. The first kappa shape index (κ1) is 18.0. The number of unbranched alkanes of at least 4 members (excludes halogenated alkanes) is 1. The number of guanidine groups is 1. The lowest BCUT2D eigenvalue weighted by Crippen LogP contribution is -2.44. The Morgan fingerprint density at radius 3 is 2.76 bits per heavy atom. The molecule has 1 aromatic heterocycles. The van der Waals surface area contributed by atoms with E-state index in [1.807, 2.05) is 0 Å². The smallest absolute Gasteiger partial charge is 0.191 e. The fourth-order valence-corrected chi connectivity index (χ4v) is 2.72. The number of hydrogen-bond donors (Lipinski definition) is 2. The summed E-state index contributed by atoms with van der Waals surface area (Å²) in [7, 11) is 1.80. The molecule has 0 saturated carbocycles. The SMILES string of the molecule is CCCCOCCNC(=NC)NCC(C)(C)c1cccs1. The minimum atomic E-state index is 0.101. The van der Waals surface area contributed by atoms with Gasteiger partial charge in [0.2, 0.25) is 0 Å². The van der Waals surface area contributed by atoms with Crippen LogP contribution < -0.4 is 10.6 Å². The maximum atomic E-state index is 5.53. The summed E-state index contributed by atoms with van der Waals surface area (Å²) in [4.78, 5) is 5.63. The molecule has 0 amide bonds. The summed E-state index contributed by atoms with van der Waals surface area (Å²) in [6.07, 6.45) is 2.30. The van der Waals surface area contributed by atoms with Crippen LogP contribution in [-0.4, -0.2) is 39.3 Å². The molecule has 0 spiro atoms. The van der Waals surface area contributed by atoms with Crippen molar-refractivity contribution in [3.63, 3.8) is 0 Å². The summed E-state index contributed by atoms with van der Waals surface area (Å²) in [5.74, 6) is 0.832. The van der Waals surface area contributed by atoms with Crippen molar-refractivity contribution in [3.05, 3.63) is 22.4 Å². The second kappa shape index (κ2) is 9.79. The molecule has 0 radical (unpaired) electrons. The Balaban J connectivity index is 2.25. The molecule has 1 aromatic rings. The van der Waals surface area contributed by atoms with E-state index in [1.54, 1.807) is 18.4 Å². The van der Waals surface area contributed by atoms with Crippen molar-refractivity contribution >= 4 is 17.3 Å². The highest BCUT2D eigenvalue weighted by Gasteiger charge is 2.21. The number of ether oxygens (including phenoxy) is 1. The zero-order valence-electron chi connectivity index (χ0n) is 13.7. The van der Waals surface area contributed by atoms with Gasteiger partial charge in [-0.3, -0.25) is 4.99 Å². The summed E-state index contributed by atoms with van der Waals surface area (Å²) < 4.78 is 5.53. The molecule has 0 fully saturated rings. The molecule has 4 nitrogen and oxygen atoms in total. The minimum absolute atomic E-state index is 0.101. The molecule has 0 saturated heterocycles. The number of rotatable bonds is 9. The predicted octanol–water partition coefficient (Wildman–Crippen LogP) is 3.01. The standard InChI is InChI=1S/C16H29N3OS/c1-5-6-10-20-11-9-18-15(17-4)19-13-16(2,3)14-8-7-12-21-14/h7-8,12H,5-6,9-11,13H2,1-4H3,(H2,17,18,19). The van der Waals surface area contributed by atoms with E-state index in [0.717, 1.165) is 38.7 Å². The Morgan fingerprint density at radius 1 is 1.33 bits per heavy atom. The number of aliphatic imine (C=N–C) groups is 1. The maximum Gasteiger partial charge on any atom is 0.191 e. The molecule has 0 aromatic carbocycles. The van der Waals surface area contributed by atoms with Crippen molar-refractivity contribution in [3.8, 4) is 0 Å². The van der Waals surface area contributed by atoms with Gasteiger partial charge in [0.25, 0.3) is 0 Å². The Labute approximate surface area is 133 Å². The molecule has 1 rings (SSSR count). The zero-order valence-corrected chi connectivity index (χ0v) is 14.6. The number of nitrogens with one attached hydrogen (secondary N) is 2. The van der Waals surface area contributed by atoms with Gasteiger partial charge in [0.1, 0.15) is 0 Å². The summed E-state index contributed by atoms with van der Waals surface area (Å²) in [5.41, 5.74) is 0.101. The van der Waals surface area contributed by atoms with Gasteiger partial charge in [0, 0.05) is 37.0 Å². The van der Waals surface area contributed by atoms with Crippen LogP contribution in [0.2, 0.25) is 0 Å². The molecular weight excluding hydrogens is 282 g/mol. The van der Waals surface area contributed by atoms with Crippen LogP contribution in [0.3, 0.4) is 0 Å². The van der Waals surface area contributed by atoms with Crippen molar-refractivity contribution in [2.24, 2.45) is 4.99 Å². The van der Waals surface area contributed by atoms with Crippen molar-refractivity contribution in [2.75, 3.05) is 33.4 Å². The van der Waals surface area contributed by atoms with Gasteiger partial charge in [-0.15, -0.1) is 11.3 Å². The summed E-state index contributed by atoms with van der Waals surface area (Å²) in [6.45, 7) is 9.85. The van der Waals surface area contributed by atoms with Crippen LogP contribution in [0.25, 0.3) is 0 Å². The second-order valence-electron chi connectivity index (χ2n) is 5.68. The highest BCUT2D eigenvalue weighted by molar-refractivity contribution is 7.10. The lowest BCUT2D eigenvalue weighted by atomic mass is 9.91. The van der Waals surface area contributed by atoms with Gasteiger partial charge < -0.3 is 15.4 Å². The van der Waals surface area contributed by atoms with Crippen LogP contribution in [0.1, 0.15) is 38.5 Å². The third kappa shape index (κ3) is 6.96. The summed E-state index contributed by atoms with van der Waals surface area (Å²) in [5, 5.41) is 8.79. The van der Waals surface area contributed by atoms with Gasteiger partial charge in [-0.25, -0.2) is 0 Å². The van der Waals surface area contributed by atoms with Crippen molar-refractivity contribution in [2.45, 2.75) is 39.0 Å². The van der Waals surface area contributed by atoms with E-state index in [9.17, 15) is 0 Å². The van der Waals surface area contributed by atoms with Gasteiger partial charge >= 0.3 is 0 Å². The largest absolute Gasteiger partial charge is 0.380 e. The van der Waals surface area contributed by atoms with E-state index in [4.69, 9.17) is 4.74 Å². The Bertz CT molecular complexity index is 402. The van der Waals surface area contributed by atoms with Crippen LogP contribution in [0.5, 0.6) is 0 Å². The van der Waals surface area contributed by atoms with E-state index < -0.39 is 0 Å². The first-order valence-electron chi connectivity index (χ1n) is 7.66. The van der Waals surface area contributed by atoms with E-state index in [-0.39, 0.29) is 5.41 Å². The molecule has 5 heteroatoms. The fraction of sp³-hybridized carbons (Fsp3) is 0.688. The van der Waals surface area contributed by atoms with Gasteiger partial charge in [-0.2, -0.15) is 0 Å². The van der Waals surface area contributed by atoms with Crippen molar-refractivity contribution < 1.29 is 4.74 Å². The summed E-state index contributed by atoms with van der Waals surface area (Å²) in [6, 6.07) is 4.28. The van der Waals surface area contributed by atoms with Crippen LogP contribution in [0, 0.1) is 0 Å². The third-order valence-corrected chi connectivity index (χ3v) is 4.53. The van der Waals surface area contributed by atoms with E-state index in [1.165, 1.54) is 11.3 Å². The van der Waals surface area contributed by atoms with Gasteiger partial charge in [0.15, 0.2) is 5.96 Å². The fourth-order valence-electron chi connectivity index (χ4n) is 1.87. The molecule has 2 N–H and O–H groups in total. The first-order chi connectivity index (χ1) is 10.1. The first-order valence-corrected chi connectivity index (χ1v) is 8.54. The van der Waals surface area contributed by atoms with Crippen LogP contribution >= 0.6 is 11.3 Å². The second-order valence-corrected chi connectivity index (χ2v) is 6.63. The third-order valence-electron chi connectivity index (χ3n) is 3.29. The van der Waals surface area contributed by atoms with Gasteiger partial charge in [0.05, 0.1) is 6.61 Å². The Morgan fingerprint density at radius 2 is 2.14 bits per heavy atom. The summed E-state index contributed by atoms with van der Waals surface area (Å²) >= 11 is 1.80. The quantitative estimate of drug-likeness (QED) is 0.419. The molecule has 0 aliphatic rings. The maximum absolute atomic E-state index is 5.53.